The van der Waals surface area contributed by atoms with Gasteiger partial charge in [-0.05, 0) is 30.3 Å². The second-order valence-corrected chi connectivity index (χ2v) is 6.12. The van der Waals surface area contributed by atoms with Crippen LogP contribution < -0.4 is 5.73 Å². The number of H-pyrrole nitrogens is 1. The van der Waals surface area contributed by atoms with E-state index in [1.165, 1.54) is 6.20 Å². The number of nitrogens with zero attached hydrogens (tertiary/aromatic N) is 5. The van der Waals surface area contributed by atoms with Gasteiger partial charge in [-0.1, -0.05) is 18.7 Å². The van der Waals surface area contributed by atoms with Crippen molar-refractivity contribution in [3.63, 3.8) is 0 Å². The zero-order chi connectivity index (χ0) is 19.3. The van der Waals surface area contributed by atoms with Crippen LogP contribution >= 0.6 is 0 Å². The molecule has 4 rings (SSSR count). The highest BCUT2D eigenvalue weighted by molar-refractivity contribution is 5.81. The van der Waals surface area contributed by atoms with Crippen LogP contribution in [-0.4, -0.2) is 29.8 Å². The van der Waals surface area contributed by atoms with E-state index in [2.05, 4.69) is 31.5 Å². The Morgan fingerprint density at radius 2 is 1.89 bits per heavy atom. The number of aromatic nitrogens is 5. The average molecular weight is 369 g/mol. The molecular weight excluding hydrogens is 350 g/mol. The monoisotopic (exact) mass is 369 g/mol. The van der Waals surface area contributed by atoms with E-state index in [1.807, 2.05) is 41.3 Å². The highest BCUT2D eigenvalue weighted by Gasteiger charge is 2.13. The average Bonchev–Trinajstić information content (AvgIpc) is 3.16. The molecule has 7 nitrogen and oxygen atoms in total. The third kappa shape index (κ3) is 3.59. The van der Waals surface area contributed by atoms with Crippen LogP contribution in [0.3, 0.4) is 0 Å². The SMILES string of the molecule is C=C(c1ncccn1)N(/C=C\N)Cc1nc2ccc(-c3ccccn3)cc2[nH]1. The van der Waals surface area contributed by atoms with Gasteiger partial charge in [0, 0.05) is 36.6 Å². The van der Waals surface area contributed by atoms with Gasteiger partial charge in [0.15, 0.2) is 5.82 Å². The normalized spacial score (nSPS) is 11.1. The topological polar surface area (TPSA) is 96.6 Å². The Bertz CT molecular complexity index is 1120. The van der Waals surface area contributed by atoms with Crippen molar-refractivity contribution in [3.05, 3.63) is 91.7 Å². The van der Waals surface area contributed by atoms with Crippen LogP contribution in [0.15, 0.2) is 80.0 Å². The number of imidazole rings is 1. The molecule has 0 unspecified atom stereocenters. The number of pyridine rings is 1. The molecule has 1 aromatic carbocycles. The molecule has 0 aliphatic rings. The van der Waals surface area contributed by atoms with Crippen molar-refractivity contribution < 1.29 is 0 Å². The fraction of sp³-hybridized carbons (Fsp3) is 0.0476. The van der Waals surface area contributed by atoms with Gasteiger partial charge in [0.25, 0.3) is 0 Å². The first-order valence-corrected chi connectivity index (χ1v) is 8.76. The summed E-state index contributed by atoms with van der Waals surface area (Å²) in [7, 11) is 0. The molecule has 3 heterocycles. The highest BCUT2D eigenvalue weighted by Crippen LogP contribution is 2.23. The molecule has 138 valence electrons. The van der Waals surface area contributed by atoms with Gasteiger partial charge in [-0.15, -0.1) is 0 Å². The van der Waals surface area contributed by atoms with Crippen molar-refractivity contribution in [2.45, 2.75) is 6.54 Å². The summed E-state index contributed by atoms with van der Waals surface area (Å²) < 4.78 is 0. The highest BCUT2D eigenvalue weighted by atomic mass is 15.2. The lowest BCUT2D eigenvalue weighted by molar-refractivity contribution is 0.506. The molecule has 0 saturated heterocycles. The van der Waals surface area contributed by atoms with Gasteiger partial charge in [0.05, 0.1) is 29.0 Å². The summed E-state index contributed by atoms with van der Waals surface area (Å²) in [4.78, 5) is 22.8. The van der Waals surface area contributed by atoms with Gasteiger partial charge in [0.1, 0.15) is 5.82 Å². The third-order valence-corrected chi connectivity index (χ3v) is 4.25. The van der Waals surface area contributed by atoms with Crippen LogP contribution in [0, 0.1) is 0 Å². The number of fused-ring (bicyclic) bond motifs is 1. The minimum Gasteiger partial charge on any atom is -0.403 e. The number of nitrogens with two attached hydrogens (primary N) is 1. The van der Waals surface area contributed by atoms with Crippen molar-refractivity contribution in [1.29, 1.82) is 0 Å². The quantitative estimate of drug-likeness (QED) is 0.541. The number of nitrogens with one attached hydrogen (secondary N) is 1. The summed E-state index contributed by atoms with van der Waals surface area (Å²) in [5, 5.41) is 0. The second-order valence-electron chi connectivity index (χ2n) is 6.12. The second kappa shape index (κ2) is 7.71. The van der Waals surface area contributed by atoms with Crippen LogP contribution in [0.1, 0.15) is 11.6 Å². The predicted molar refractivity (Wildman–Crippen MR) is 109 cm³/mol. The molecule has 0 aliphatic heterocycles. The maximum absolute atomic E-state index is 5.62. The van der Waals surface area contributed by atoms with E-state index in [0.717, 1.165) is 28.1 Å². The largest absolute Gasteiger partial charge is 0.403 e. The maximum atomic E-state index is 5.62. The van der Waals surface area contributed by atoms with Crippen molar-refractivity contribution in [1.82, 2.24) is 29.8 Å². The molecule has 0 saturated carbocycles. The Kier molecular flexibility index (Phi) is 4.79. The van der Waals surface area contributed by atoms with Gasteiger partial charge in [0.2, 0.25) is 0 Å². The molecule has 0 amide bonds. The minimum atomic E-state index is 0.457. The summed E-state index contributed by atoms with van der Waals surface area (Å²) in [5.74, 6) is 1.32. The Hall–Kier alpha value is -4.00. The van der Waals surface area contributed by atoms with Gasteiger partial charge in [-0.25, -0.2) is 15.0 Å². The van der Waals surface area contributed by atoms with Crippen LogP contribution in [-0.2, 0) is 6.54 Å². The molecule has 3 aromatic heterocycles. The lowest BCUT2D eigenvalue weighted by atomic mass is 10.1. The first-order valence-electron chi connectivity index (χ1n) is 8.76. The summed E-state index contributed by atoms with van der Waals surface area (Å²) in [6.45, 7) is 4.55. The van der Waals surface area contributed by atoms with Gasteiger partial charge < -0.3 is 15.6 Å². The van der Waals surface area contributed by atoms with Crippen molar-refractivity contribution in [2.24, 2.45) is 5.73 Å². The van der Waals surface area contributed by atoms with E-state index < -0.39 is 0 Å². The summed E-state index contributed by atoms with van der Waals surface area (Å²) in [5.41, 5.74) is 10.0. The number of aromatic amines is 1. The number of hydrogen-bond acceptors (Lipinski definition) is 6. The number of rotatable bonds is 6. The minimum absolute atomic E-state index is 0.457. The van der Waals surface area contributed by atoms with Crippen LogP contribution in [0.4, 0.5) is 0 Å². The van der Waals surface area contributed by atoms with Crippen molar-refractivity contribution in [3.8, 4) is 11.3 Å². The first-order chi connectivity index (χ1) is 13.7. The lowest BCUT2D eigenvalue weighted by Gasteiger charge is -2.20. The Morgan fingerprint density at radius 1 is 1.07 bits per heavy atom. The zero-order valence-corrected chi connectivity index (χ0v) is 15.2. The van der Waals surface area contributed by atoms with Gasteiger partial charge >= 0.3 is 0 Å². The third-order valence-electron chi connectivity index (χ3n) is 4.25. The van der Waals surface area contributed by atoms with Crippen molar-refractivity contribution in [2.75, 3.05) is 0 Å². The smallest absolute Gasteiger partial charge is 0.175 e. The molecule has 0 fully saturated rings. The molecule has 28 heavy (non-hydrogen) atoms. The first kappa shape index (κ1) is 17.4. The van der Waals surface area contributed by atoms with Gasteiger partial charge in [-0.2, -0.15) is 0 Å². The number of benzene rings is 1. The summed E-state index contributed by atoms with van der Waals surface area (Å²) in [6.07, 6.45) is 8.32. The molecule has 0 radical (unpaired) electrons. The summed E-state index contributed by atoms with van der Waals surface area (Å²) in [6, 6.07) is 13.7. The maximum Gasteiger partial charge on any atom is 0.175 e. The molecule has 0 spiro atoms. The molecule has 7 heteroatoms. The lowest BCUT2D eigenvalue weighted by Crippen LogP contribution is -2.17. The van der Waals surface area contributed by atoms with E-state index in [9.17, 15) is 0 Å². The van der Waals surface area contributed by atoms with Gasteiger partial charge in [-0.3, -0.25) is 4.98 Å². The Morgan fingerprint density at radius 3 is 2.64 bits per heavy atom. The van der Waals surface area contributed by atoms with E-state index in [0.29, 0.717) is 18.1 Å². The molecule has 0 aliphatic carbocycles. The van der Waals surface area contributed by atoms with E-state index in [-0.39, 0.29) is 0 Å². The van der Waals surface area contributed by atoms with Crippen LogP contribution in [0.2, 0.25) is 0 Å². The number of hydrogen-bond donors (Lipinski definition) is 2. The van der Waals surface area contributed by atoms with E-state index in [1.54, 1.807) is 30.9 Å². The standard InChI is InChI=1S/C21H19N7/c1-15(21-24-10-4-11-25-21)28(12-8-22)14-20-26-18-7-6-16(13-19(18)27-20)17-5-2-3-9-23-17/h2-13H,1,14,22H2,(H,26,27)/b12-8-. The molecule has 3 N–H and O–H groups in total. The zero-order valence-electron chi connectivity index (χ0n) is 15.2. The molecule has 0 bridgehead atoms. The van der Waals surface area contributed by atoms with Crippen molar-refractivity contribution >= 4 is 16.7 Å². The summed E-state index contributed by atoms with van der Waals surface area (Å²) >= 11 is 0. The van der Waals surface area contributed by atoms with E-state index >= 15 is 0 Å². The van der Waals surface area contributed by atoms with E-state index in [4.69, 9.17) is 5.73 Å². The molecule has 0 atom stereocenters. The predicted octanol–water partition coefficient (Wildman–Crippen LogP) is 3.32. The molecule has 4 aromatic rings. The Labute approximate surface area is 162 Å². The van der Waals surface area contributed by atoms with Crippen LogP contribution in [0.25, 0.3) is 28.0 Å². The molecular formula is C21H19N7. The fourth-order valence-electron chi connectivity index (χ4n) is 2.91. The fourth-order valence-corrected chi connectivity index (χ4v) is 2.91. The van der Waals surface area contributed by atoms with Crippen LogP contribution in [0.5, 0.6) is 0 Å². The Balaban J connectivity index is 1.62.